The van der Waals surface area contributed by atoms with Gasteiger partial charge in [-0.3, -0.25) is 9.59 Å². The average molecular weight is 435 g/mol. The second-order valence-electron chi connectivity index (χ2n) is 8.54. The van der Waals surface area contributed by atoms with E-state index < -0.39 is 0 Å². The van der Waals surface area contributed by atoms with Gasteiger partial charge in [0.05, 0.1) is 0 Å². The number of likely N-dealkylation sites (tertiary alicyclic amines) is 1. The van der Waals surface area contributed by atoms with E-state index in [1.807, 2.05) is 60.4 Å². The molecule has 0 saturated carbocycles. The second-order valence-corrected chi connectivity index (χ2v) is 8.54. The van der Waals surface area contributed by atoms with Gasteiger partial charge < -0.3 is 20.0 Å². The van der Waals surface area contributed by atoms with Crippen LogP contribution in [0.5, 0.6) is 0 Å². The second kappa shape index (κ2) is 9.85. The van der Waals surface area contributed by atoms with E-state index in [2.05, 4.69) is 5.32 Å². The van der Waals surface area contributed by atoms with Crippen molar-refractivity contribution in [3.05, 3.63) is 70.8 Å². The van der Waals surface area contributed by atoms with Crippen LogP contribution in [0.4, 0.5) is 4.79 Å². The van der Waals surface area contributed by atoms with Gasteiger partial charge in [0.15, 0.2) is 0 Å². The fourth-order valence-corrected chi connectivity index (χ4v) is 4.21. The Bertz CT molecular complexity index is 981. The van der Waals surface area contributed by atoms with Gasteiger partial charge >= 0.3 is 6.03 Å². The van der Waals surface area contributed by atoms with Crippen LogP contribution in [0.2, 0.25) is 0 Å². The van der Waals surface area contributed by atoms with Crippen LogP contribution in [0.25, 0.3) is 0 Å². The summed E-state index contributed by atoms with van der Waals surface area (Å²) in [6.07, 6.45) is 1.57. The molecule has 2 aromatic carbocycles. The van der Waals surface area contributed by atoms with Crippen LogP contribution in [-0.2, 0) is 17.9 Å². The molecule has 0 radical (unpaired) electrons. The van der Waals surface area contributed by atoms with Gasteiger partial charge in [-0.2, -0.15) is 0 Å². The van der Waals surface area contributed by atoms with Gasteiger partial charge in [0.2, 0.25) is 5.91 Å². The monoisotopic (exact) mass is 434 g/mol. The number of piperazine rings is 1. The Kier molecular flexibility index (Phi) is 6.73. The number of aryl methyl sites for hydroxylation is 1. The number of urea groups is 1. The Morgan fingerprint density at radius 2 is 1.59 bits per heavy atom. The summed E-state index contributed by atoms with van der Waals surface area (Å²) in [5.74, 6) is 0.224. The minimum atomic E-state index is -0.118. The molecule has 0 atom stereocenters. The number of nitrogens with one attached hydrogen (secondary N) is 1. The van der Waals surface area contributed by atoms with E-state index in [4.69, 9.17) is 0 Å². The van der Waals surface area contributed by atoms with Gasteiger partial charge in [-0.25, -0.2) is 4.79 Å². The molecule has 0 spiro atoms. The molecule has 0 aromatic heterocycles. The maximum absolute atomic E-state index is 12.7. The summed E-state index contributed by atoms with van der Waals surface area (Å²) in [6, 6.07) is 15.5. The first kappa shape index (κ1) is 21.9. The van der Waals surface area contributed by atoms with Crippen molar-refractivity contribution in [2.45, 2.75) is 32.9 Å². The molecule has 1 N–H and O–H groups in total. The first-order valence-electron chi connectivity index (χ1n) is 11.2. The van der Waals surface area contributed by atoms with Gasteiger partial charge in [-0.1, -0.05) is 42.0 Å². The molecule has 4 rings (SSSR count). The molecule has 168 valence electrons. The zero-order valence-electron chi connectivity index (χ0n) is 18.5. The van der Waals surface area contributed by atoms with E-state index in [9.17, 15) is 14.4 Å². The molecule has 2 heterocycles. The minimum absolute atomic E-state index is 0.0124. The predicted molar refractivity (Wildman–Crippen MR) is 122 cm³/mol. The highest BCUT2D eigenvalue weighted by molar-refractivity contribution is 5.94. The van der Waals surface area contributed by atoms with Crippen molar-refractivity contribution in [3.8, 4) is 0 Å². The van der Waals surface area contributed by atoms with E-state index in [-0.39, 0.29) is 17.8 Å². The van der Waals surface area contributed by atoms with Crippen LogP contribution in [0.3, 0.4) is 0 Å². The first-order valence-corrected chi connectivity index (χ1v) is 11.2. The molecule has 0 aliphatic carbocycles. The zero-order valence-corrected chi connectivity index (χ0v) is 18.5. The third-order valence-electron chi connectivity index (χ3n) is 6.13. The highest BCUT2D eigenvalue weighted by Crippen LogP contribution is 2.15. The number of nitrogens with zero attached hydrogens (tertiary/aromatic N) is 3. The fraction of sp³-hybridized carbons (Fsp3) is 0.400. The summed E-state index contributed by atoms with van der Waals surface area (Å²) < 4.78 is 0. The van der Waals surface area contributed by atoms with E-state index >= 15 is 0 Å². The zero-order chi connectivity index (χ0) is 22.5. The summed E-state index contributed by atoms with van der Waals surface area (Å²) in [4.78, 5) is 42.6. The van der Waals surface area contributed by atoms with Crippen molar-refractivity contribution in [3.63, 3.8) is 0 Å². The van der Waals surface area contributed by atoms with Crippen LogP contribution in [0, 0.1) is 6.92 Å². The lowest BCUT2D eigenvalue weighted by molar-refractivity contribution is -0.128. The Labute approximate surface area is 189 Å². The molecule has 2 fully saturated rings. The fourth-order valence-electron chi connectivity index (χ4n) is 4.21. The highest BCUT2D eigenvalue weighted by Gasteiger charge is 2.25. The molecule has 0 bridgehead atoms. The summed E-state index contributed by atoms with van der Waals surface area (Å²) in [5, 5.41) is 2.98. The predicted octanol–water partition coefficient (Wildman–Crippen LogP) is 2.79. The number of carbonyl (C=O) groups excluding carboxylic acids is 3. The van der Waals surface area contributed by atoms with Crippen molar-refractivity contribution in [1.29, 1.82) is 0 Å². The Hall–Kier alpha value is -3.35. The van der Waals surface area contributed by atoms with Crippen molar-refractivity contribution in [2.75, 3.05) is 32.7 Å². The lowest BCUT2D eigenvalue weighted by atomic mass is 10.1. The Morgan fingerprint density at radius 1 is 0.906 bits per heavy atom. The van der Waals surface area contributed by atoms with Gasteiger partial charge in [-0.05, 0) is 36.6 Å². The molecule has 32 heavy (non-hydrogen) atoms. The van der Waals surface area contributed by atoms with E-state index in [0.717, 1.165) is 29.7 Å². The molecule has 2 aliphatic rings. The number of carbonyl (C=O) groups is 3. The number of rotatable bonds is 5. The van der Waals surface area contributed by atoms with Crippen molar-refractivity contribution < 1.29 is 14.4 Å². The number of hydrogen-bond donors (Lipinski definition) is 1. The van der Waals surface area contributed by atoms with Crippen LogP contribution >= 0.6 is 0 Å². The molecule has 7 nitrogen and oxygen atoms in total. The topological polar surface area (TPSA) is 73.0 Å². The van der Waals surface area contributed by atoms with Gasteiger partial charge in [0.1, 0.15) is 0 Å². The first-order chi connectivity index (χ1) is 15.5. The van der Waals surface area contributed by atoms with Crippen molar-refractivity contribution in [1.82, 2.24) is 20.0 Å². The van der Waals surface area contributed by atoms with E-state index in [0.29, 0.717) is 51.3 Å². The van der Waals surface area contributed by atoms with Crippen LogP contribution < -0.4 is 5.32 Å². The number of hydrogen-bond acceptors (Lipinski definition) is 3. The highest BCUT2D eigenvalue weighted by atomic mass is 16.2. The standard InChI is InChI=1S/C25H30N4O3/c1-19-7-9-22(10-8-19)24(31)27-12-14-28(15-13-27)25(32)26-17-20-4-2-5-21(16-20)18-29-11-3-6-23(29)30/h2,4-5,7-10,16H,3,6,11-15,17-18H2,1H3,(H,26,32). The normalized spacial score (nSPS) is 16.4. The lowest BCUT2D eigenvalue weighted by Gasteiger charge is -2.34. The lowest BCUT2D eigenvalue weighted by Crippen LogP contribution is -2.53. The number of amides is 4. The molecule has 7 heteroatoms. The molecular weight excluding hydrogens is 404 g/mol. The SMILES string of the molecule is Cc1ccc(C(=O)N2CCN(C(=O)NCc3cccc(CN4CCCC4=O)c3)CC2)cc1. The number of benzene rings is 2. The molecule has 2 aromatic rings. The summed E-state index contributed by atoms with van der Waals surface area (Å²) >= 11 is 0. The van der Waals surface area contributed by atoms with Gasteiger partial charge in [0.25, 0.3) is 5.91 Å². The van der Waals surface area contributed by atoms with Crippen molar-refractivity contribution in [2.24, 2.45) is 0 Å². The Morgan fingerprint density at radius 3 is 2.28 bits per heavy atom. The largest absolute Gasteiger partial charge is 0.338 e. The Balaban J connectivity index is 1.25. The van der Waals surface area contributed by atoms with E-state index in [1.54, 1.807) is 9.80 Å². The molecule has 2 aliphatic heterocycles. The smallest absolute Gasteiger partial charge is 0.317 e. The molecule has 0 unspecified atom stereocenters. The molecular formula is C25H30N4O3. The van der Waals surface area contributed by atoms with Gasteiger partial charge in [-0.15, -0.1) is 0 Å². The third-order valence-corrected chi connectivity index (χ3v) is 6.13. The quantitative estimate of drug-likeness (QED) is 0.787. The summed E-state index contributed by atoms with van der Waals surface area (Å²) in [5.41, 5.74) is 3.90. The average Bonchev–Trinajstić information content (AvgIpc) is 3.22. The summed E-state index contributed by atoms with van der Waals surface area (Å²) in [6.45, 7) is 5.95. The molecule has 4 amide bonds. The third kappa shape index (κ3) is 5.28. The van der Waals surface area contributed by atoms with Crippen molar-refractivity contribution >= 4 is 17.8 Å². The maximum atomic E-state index is 12.7. The summed E-state index contributed by atoms with van der Waals surface area (Å²) in [7, 11) is 0. The van der Waals surface area contributed by atoms with Gasteiger partial charge in [0, 0.05) is 57.8 Å². The van der Waals surface area contributed by atoms with E-state index in [1.165, 1.54) is 0 Å². The van der Waals surface area contributed by atoms with Crippen LogP contribution in [0.1, 0.15) is 39.9 Å². The minimum Gasteiger partial charge on any atom is -0.338 e. The maximum Gasteiger partial charge on any atom is 0.317 e. The van der Waals surface area contributed by atoms with Crippen LogP contribution in [-0.4, -0.2) is 65.3 Å². The van der Waals surface area contributed by atoms with Crippen LogP contribution in [0.15, 0.2) is 48.5 Å². The molecule has 2 saturated heterocycles.